The first-order valence-electron chi connectivity index (χ1n) is 7.07. The van der Waals surface area contributed by atoms with E-state index in [1.165, 1.54) is 32.1 Å². The average Bonchev–Trinajstić information content (AvgIpc) is 2.46. The number of benzene rings is 1. The Hall–Kier alpha value is -1.42. The molecule has 1 fully saturated rings. The van der Waals surface area contributed by atoms with Crippen LogP contribution in [0.3, 0.4) is 0 Å². The third-order valence-electron chi connectivity index (χ3n) is 3.69. The molecule has 0 heterocycles. The molecule has 0 aromatic heterocycles. The Labute approximate surface area is 124 Å². The van der Waals surface area contributed by atoms with E-state index in [1.807, 2.05) is 0 Å². The van der Waals surface area contributed by atoms with Gasteiger partial charge in [0.2, 0.25) is 0 Å². The van der Waals surface area contributed by atoms with Crippen LogP contribution in [-0.4, -0.2) is 19.7 Å². The maximum absolute atomic E-state index is 11.8. The summed E-state index contributed by atoms with van der Waals surface area (Å²) in [5, 5.41) is 6.19. The number of halogens is 1. The molecule has 0 atom stereocenters. The van der Waals surface area contributed by atoms with Crippen molar-refractivity contribution in [1.82, 2.24) is 5.32 Å². The maximum Gasteiger partial charge on any atom is 0.319 e. The summed E-state index contributed by atoms with van der Waals surface area (Å²) in [5.41, 5.74) is 0.664. The van der Waals surface area contributed by atoms with Gasteiger partial charge in [0.25, 0.3) is 0 Å². The van der Waals surface area contributed by atoms with E-state index < -0.39 is 0 Å². The number of urea groups is 1. The van der Waals surface area contributed by atoms with Crippen LogP contribution in [0.5, 0.6) is 5.75 Å². The summed E-state index contributed by atoms with van der Waals surface area (Å²) in [6.45, 7) is 0.746. The quantitative estimate of drug-likeness (QED) is 0.880. The van der Waals surface area contributed by atoms with Crippen LogP contribution in [0.2, 0.25) is 5.02 Å². The van der Waals surface area contributed by atoms with Crippen LogP contribution < -0.4 is 15.4 Å². The van der Waals surface area contributed by atoms with Crippen molar-refractivity contribution in [2.75, 3.05) is 19.0 Å². The molecule has 2 amide bonds. The summed E-state index contributed by atoms with van der Waals surface area (Å²) in [7, 11) is 1.56. The highest BCUT2D eigenvalue weighted by Gasteiger charge is 2.14. The topological polar surface area (TPSA) is 50.4 Å². The Bertz CT molecular complexity index is 459. The zero-order valence-corrected chi connectivity index (χ0v) is 12.5. The zero-order valence-electron chi connectivity index (χ0n) is 11.7. The predicted octanol–water partition coefficient (Wildman–Crippen LogP) is 4.05. The van der Waals surface area contributed by atoms with Gasteiger partial charge in [-0.25, -0.2) is 4.79 Å². The van der Waals surface area contributed by atoms with Gasteiger partial charge in [0.1, 0.15) is 5.75 Å². The molecule has 1 aliphatic carbocycles. The summed E-state index contributed by atoms with van der Waals surface area (Å²) >= 11 is 6.02. The second kappa shape index (κ2) is 7.39. The first kappa shape index (κ1) is 15.0. The molecule has 20 heavy (non-hydrogen) atoms. The Morgan fingerprint density at radius 1 is 1.35 bits per heavy atom. The normalized spacial score (nSPS) is 15.7. The minimum Gasteiger partial charge on any atom is -0.495 e. The van der Waals surface area contributed by atoms with Crippen molar-refractivity contribution in [3.8, 4) is 5.75 Å². The van der Waals surface area contributed by atoms with Gasteiger partial charge in [0, 0.05) is 12.2 Å². The standard InChI is InChI=1S/C15H21ClN2O2/c1-20-14-8-7-12(9-13(14)16)18-15(19)17-10-11-5-3-2-4-6-11/h7-9,11H,2-6,10H2,1H3,(H2,17,18,19). The number of carbonyl (C=O) groups excluding carboxylic acids is 1. The van der Waals surface area contributed by atoms with Crippen LogP contribution in [0, 0.1) is 5.92 Å². The molecule has 1 aromatic carbocycles. The fourth-order valence-electron chi connectivity index (χ4n) is 2.55. The smallest absolute Gasteiger partial charge is 0.319 e. The molecule has 4 nitrogen and oxygen atoms in total. The van der Waals surface area contributed by atoms with Crippen LogP contribution in [0.1, 0.15) is 32.1 Å². The minimum atomic E-state index is -0.184. The lowest BCUT2D eigenvalue weighted by atomic mass is 9.89. The van der Waals surface area contributed by atoms with Crippen molar-refractivity contribution in [2.45, 2.75) is 32.1 Å². The number of carbonyl (C=O) groups is 1. The minimum absolute atomic E-state index is 0.184. The Morgan fingerprint density at radius 3 is 2.75 bits per heavy atom. The molecule has 1 aliphatic rings. The molecule has 110 valence electrons. The Morgan fingerprint density at radius 2 is 2.10 bits per heavy atom. The SMILES string of the molecule is COc1ccc(NC(=O)NCC2CCCCC2)cc1Cl. The molecule has 2 N–H and O–H groups in total. The molecule has 1 aromatic rings. The van der Waals surface area contributed by atoms with E-state index in [9.17, 15) is 4.79 Å². The first-order valence-corrected chi connectivity index (χ1v) is 7.45. The number of amides is 2. The molecule has 0 radical (unpaired) electrons. The maximum atomic E-state index is 11.8. The van der Waals surface area contributed by atoms with Crippen LogP contribution in [0.25, 0.3) is 0 Å². The summed E-state index contributed by atoms with van der Waals surface area (Å²) < 4.78 is 5.07. The van der Waals surface area contributed by atoms with Crippen molar-refractivity contribution in [3.05, 3.63) is 23.2 Å². The highest BCUT2D eigenvalue weighted by atomic mass is 35.5. The molecular formula is C15H21ClN2O2. The van der Waals surface area contributed by atoms with Crippen molar-refractivity contribution in [2.24, 2.45) is 5.92 Å². The third kappa shape index (κ3) is 4.30. The van der Waals surface area contributed by atoms with E-state index in [0.717, 1.165) is 6.54 Å². The van der Waals surface area contributed by atoms with Gasteiger partial charge in [0.05, 0.1) is 12.1 Å². The lowest BCUT2D eigenvalue weighted by Gasteiger charge is -2.21. The van der Waals surface area contributed by atoms with Crippen molar-refractivity contribution in [3.63, 3.8) is 0 Å². The second-order valence-electron chi connectivity index (χ2n) is 5.19. The van der Waals surface area contributed by atoms with Gasteiger partial charge in [-0.05, 0) is 37.0 Å². The molecular weight excluding hydrogens is 276 g/mol. The lowest BCUT2D eigenvalue weighted by Crippen LogP contribution is -2.33. The van der Waals surface area contributed by atoms with E-state index in [-0.39, 0.29) is 6.03 Å². The molecule has 0 spiro atoms. The van der Waals surface area contributed by atoms with Gasteiger partial charge in [-0.15, -0.1) is 0 Å². The largest absolute Gasteiger partial charge is 0.495 e. The van der Waals surface area contributed by atoms with Gasteiger partial charge >= 0.3 is 6.03 Å². The van der Waals surface area contributed by atoms with E-state index in [1.54, 1.807) is 25.3 Å². The van der Waals surface area contributed by atoms with Crippen molar-refractivity contribution < 1.29 is 9.53 Å². The monoisotopic (exact) mass is 296 g/mol. The van der Waals surface area contributed by atoms with Crippen molar-refractivity contribution in [1.29, 1.82) is 0 Å². The van der Waals surface area contributed by atoms with Gasteiger partial charge in [-0.3, -0.25) is 0 Å². The van der Waals surface area contributed by atoms with E-state index in [4.69, 9.17) is 16.3 Å². The van der Waals surface area contributed by atoms with Crippen LogP contribution in [-0.2, 0) is 0 Å². The fourth-order valence-corrected chi connectivity index (χ4v) is 2.81. The predicted molar refractivity (Wildman–Crippen MR) is 81.6 cm³/mol. The number of methoxy groups -OCH3 is 1. The van der Waals surface area contributed by atoms with E-state index in [0.29, 0.717) is 22.4 Å². The van der Waals surface area contributed by atoms with Crippen LogP contribution >= 0.6 is 11.6 Å². The highest BCUT2D eigenvalue weighted by molar-refractivity contribution is 6.32. The van der Waals surface area contributed by atoms with Crippen molar-refractivity contribution >= 4 is 23.3 Å². The number of anilines is 1. The fraction of sp³-hybridized carbons (Fsp3) is 0.533. The van der Waals surface area contributed by atoms with Gasteiger partial charge in [-0.2, -0.15) is 0 Å². The number of ether oxygens (including phenoxy) is 1. The van der Waals surface area contributed by atoms with E-state index >= 15 is 0 Å². The second-order valence-corrected chi connectivity index (χ2v) is 5.60. The Kier molecular flexibility index (Phi) is 5.53. The first-order chi connectivity index (χ1) is 9.69. The number of rotatable bonds is 4. The molecule has 0 bridgehead atoms. The zero-order chi connectivity index (χ0) is 14.4. The highest BCUT2D eigenvalue weighted by Crippen LogP contribution is 2.27. The van der Waals surface area contributed by atoms with E-state index in [2.05, 4.69) is 10.6 Å². The van der Waals surface area contributed by atoms with Crippen LogP contribution in [0.15, 0.2) is 18.2 Å². The molecule has 5 heteroatoms. The van der Waals surface area contributed by atoms with Gasteiger partial charge < -0.3 is 15.4 Å². The van der Waals surface area contributed by atoms with Gasteiger partial charge in [0.15, 0.2) is 0 Å². The lowest BCUT2D eigenvalue weighted by molar-refractivity contribution is 0.247. The molecule has 0 unspecified atom stereocenters. The Balaban J connectivity index is 1.80. The average molecular weight is 297 g/mol. The molecule has 0 saturated heterocycles. The number of nitrogens with one attached hydrogen (secondary N) is 2. The molecule has 1 saturated carbocycles. The van der Waals surface area contributed by atoms with Crippen LogP contribution in [0.4, 0.5) is 10.5 Å². The number of hydrogen-bond acceptors (Lipinski definition) is 2. The summed E-state index contributed by atoms with van der Waals surface area (Å²) in [4.78, 5) is 11.8. The summed E-state index contributed by atoms with van der Waals surface area (Å²) in [6, 6.07) is 5.00. The number of hydrogen-bond donors (Lipinski definition) is 2. The summed E-state index contributed by atoms with van der Waals surface area (Å²) in [5.74, 6) is 1.22. The molecule has 0 aliphatic heterocycles. The van der Waals surface area contributed by atoms with Gasteiger partial charge in [-0.1, -0.05) is 30.9 Å². The summed E-state index contributed by atoms with van der Waals surface area (Å²) in [6.07, 6.45) is 6.32. The molecule has 2 rings (SSSR count). The third-order valence-corrected chi connectivity index (χ3v) is 3.98.